The van der Waals surface area contributed by atoms with Gasteiger partial charge in [0.25, 0.3) is 0 Å². The highest BCUT2D eigenvalue weighted by Gasteiger charge is 2.65. The molecule has 0 unspecified atom stereocenters. The molecule has 0 amide bonds. The van der Waals surface area contributed by atoms with Crippen LogP contribution in [0.1, 0.15) is 41.0 Å². The Hall–Kier alpha value is -0.280. The zero-order valence-electron chi connectivity index (χ0n) is 9.30. The number of hydrogen-bond donors (Lipinski definition) is 0. The van der Waals surface area contributed by atoms with Crippen LogP contribution in [0.25, 0.3) is 0 Å². The van der Waals surface area contributed by atoms with Crippen molar-refractivity contribution in [2.45, 2.75) is 52.9 Å². The largest absolute Gasteiger partial charge is 0.315 e. The molecule has 0 aromatic rings. The van der Waals surface area contributed by atoms with Crippen molar-refractivity contribution >= 4 is 0 Å². The van der Waals surface area contributed by atoms with E-state index in [9.17, 15) is 17.6 Å². The summed E-state index contributed by atoms with van der Waals surface area (Å²) in [5.74, 6) is -9.28. The van der Waals surface area contributed by atoms with Gasteiger partial charge in [-0.15, -0.1) is 0 Å². The number of hydrogen-bond acceptors (Lipinski definition) is 0. The molecule has 0 aromatic carbocycles. The third-order valence-corrected chi connectivity index (χ3v) is 2.88. The Bertz CT molecular complexity index is 194. The average molecular weight is 214 g/mol. The van der Waals surface area contributed by atoms with Crippen LogP contribution in [0, 0.1) is 11.3 Å². The number of rotatable bonds is 4. The Morgan fingerprint density at radius 3 is 1.57 bits per heavy atom. The second-order valence-electron chi connectivity index (χ2n) is 4.59. The molecular formula is C10H18F4. The topological polar surface area (TPSA) is 0 Å². The van der Waals surface area contributed by atoms with Gasteiger partial charge in [-0.25, -0.2) is 0 Å². The van der Waals surface area contributed by atoms with Crippen LogP contribution in [0.15, 0.2) is 0 Å². The van der Waals surface area contributed by atoms with Crippen molar-refractivity contribution in [3.05, 3.63) is 0 Å². The third kappa shape index (κ3) is 1.89. The summed E-state index contributed by atoms with van der Waals surface area (Å²) in [6.45, 7) is 6.05. The van der Waals surface area contributed by atoms with E-state index in [-0.39, 0.29) is 6.42 Å². The Labute approximate surface area is 82.7 Å². The van der Waals surface area contributed by atoms with E-state index in [0.717, 1.165) is 13.8 Å². The molecular weight excluding hydrogens is 196 g/mol. The van der Waals surface area contributed by atoms with Gasteiger partial charge in [-0.3, -0.25) is 0 Å². The standard InChI is InChI=1S/C10H18F4/c1-6-8(4,5)10(13,14)9(11,12)7(2)3/h7H,6H2,1-5H3. The van der Waals surface area contributed by atoms with Gasteiger partial charge in [-0.1, -0.05) is 34.6 Å². The fourth-order valence-electron chi connectivity index (χ4n) is 1.04. The predicted molar refractivity (Wildman–Crippen MR) is 48.8 cm³/mol. The second-order valence-corrected chi connectivity index (χ2v) is 4.59. The Balaban J connectivity index is 5.14. The van der Waals surface area contributed by atoms with Gasteiger partial charge in [0.05, 0.1) is 0 Å². The van der Waals surface area contributed by atoms with E-state index in [1.807, 2.05) is 0 Å². The zero-order chi connectivity index (χ0) is 11.8. The maximum absolute atomic E-state index is 13.5. The predicted octanol–water partition coefficient (Wildman–Crippen LogP) is 4.35. The molecule has 0 aromatic heterocycles. The second kappa shape index (κ2) is 3.70. The van der Waals surface area contributed by atoms with Crippen molar-refractivity contribution < 1.29 is 17.6 Å². The highest BCUT2D eigenvalue weighted by molar-refractivity contribution is 4.96. The Morgan fingerprint density at radius 1 is 1.00 bits per heavy atom. The molecule has 0 bridgehead atoms. The van der Waals surface area contributed by atoms with E-state index in [1.54, 1.807) is 0 Å². The molecule has 0 saturated heterocycles. The van der Waals surface area contributed by atoms with E-state index in [0.29, 0.717) is 0 Å². The van der Waals surface area contributed by atoms with Crippen molar-refractivity contribution in [1.82, 2.24) is 0 Å². The summed E-state index contributed by atoms with van der Waals surface area (Å²) in [4.78, 5) is 0. The molecule has 0 aliphatic rings. The summed E-state index contributed by atoms with van der Waals surface area (Å²) >= 11 is 0. The molecule has 0 atom stereocenters. The van der Waals surface area contributed by atoms with Crippen LogP contribution in [0.3, 0.4) is 0 Å². The van der Waals surface area contributed by atoms with E-state index < -0.39 is 23.2 Å². The van der Waals surface area contributed by atoms with Gasteiger partial charge >= 0.3 is 11.8 Å². The average Bonchev–Trinajstić information content (AvgIpc) is 2.03. The van der Waals surface area contributed by atoms with Crippen LogP contribution >= 0.6 is 0 Å². The van der Waals surface area contributed by atoms with Crippen LogP contribution in [0.2, 0.25) is 0 Å². The normalized spacial score (nSPS) is 15.0. The van der Waals surface area contributed by atoms with Gasteiger partial charge in [-0.2, -0.15) is 17.6 Å². The van der Waals surface area contributed by atoms with Crippen molar-refractivity contribution in [2.24, 2.45) is 11.3 Å². The fraction of sp³-hybridized carbons (Fsp3) is 1.00. The molecule has 0 saturated carbocycles. The first kappa shape index (κ1) is 13.7. The lowest BCUT2D eigenvalue weighted by atomic mass is 9.77. The zero-order valence-corrected chi connectivity index (χ0v) is 9.30. The summed E-state index contributed by atoms with van der Waals surface area (Å²) in [5, 5.41) is 0. The van der Waals surface area contributed by atoms with Crippen LogP contribution in [0.5, 0.6) is 0 Å². The van der Waals surface area contributed by atoms with Crippen molar-refractivity contribution in [3.8, 4) is 0 Å². The van der Waals surface area contributed by atoms with E-state index in [2.05, 4.69) is 0 Å². The SMILES string of the molecule is CCC(C)(C)C(F)(F)C(F)(F)C(C)C. The monoisotopic (exact) mass is 214 g/mol. The van der Waals surface area contributed by atoms with Crippen LogP contribution < -0.4 is 0 Å². The smallest absolute Gasteiger partial charge is 0.200 e. The highest BCUT2D eigenvalue weighted by Crippen LogP contribution is 2.51. The highest BCUT2D eigenvalue weighted by atomic mass is 19.3. The van der Waals surface area contributed by atoms with Gasteiger partial charge in [0, 0.05) is 11.3 Å². The molecule has 0 aliphatic heterocycles. The maximum Gasteiger partial charge on any atom is 0.315 e. The number of alkyl halides is 4. The van der Waals surface area contributed by atoms with Gasteiger partial charge in [0.1, 0.15) is 0 Å². The summed E-state index contributed by atoms with van der Waals surface area (Å²) in [7, 11) is 0. The van der Waals surface area contributed by atoms with E-state index in [1.165, 1.54) is 20.8 Å². The maximum atomic E-state index is 13.5. The molecule has 0 rings (SSSR count). The number of halogens is 4. The molecule has 14 heavy (non-hydrogen) atoms. The first-order chi connectivity index (χ1) is 6.00. The molecule has 0 heterocycles. The van der Waals surface area contributed by atoms with Crippen molar-refractivity contribution in [2.75, 3.05) is 0 Å². The van der Waals surface area contributed by atoms with E-state index >= 15 is 0 Å². The minimum Gasteiger partial charge on any atom is -0.200 e. The Morgan fingerprint density at radius 2 is 1.36 bits per heavy atom. The Kier molecular flexibility index (Phi) is 3.63. The molecule has 0 fully saturated rings. The molecule has 86 valence electrons. The van der Waals surface area contributed by atoms with Gasteiger partial charge in [-0.05, 0) is 6.42 Å². The lowest BCUT2D eigenvalue weighted by Gasteiger charge is -2.40. The third-order valence-electron chi connectivity index (χ3n) is 2.88. The van der Waals surface area contributed by atoms with Gasteiger partial charge < -0.3 is 0 Å². The first-order valence-corrected chi connectivity index (χ1v) is 4.76. The molecule has 0 nitrogen and oxygen atoms in total. The summed E-state index contributed by atoms with van der Waals surface area (Å²) in [6.07, 6.45) is 0.0162. The van der Waals surface area contributed by atoms with Gasteiger partial charge in [0.2, 0.25) is 0 Å². The first-order valence-electron chi connectivity index (χ1n) is 4.76. The molecule has 4 heteroatoms. The molecule has 0 radical (unpaired) electrons. The molecule has 0 aliphatic carbocycles. The van der Waals surface area contributed by atoms with E-state index in [4.69, 9.17) is 0 Å². The van der Waals surface area contributed by atoms with Crippen LogP contribution in [0.4, 0.5) is 17.6 Å². The lowest BCUT2D eigenvalue weighted by molar-refractivity contribution is -0.278. The van der Waals surface area contributed by atoms with Crippen molar-refractivity contribution in [1.29, 1.82) is 0 Å². The summed E-state index contributed by atoms with van der Waals surface area (Å²) < 4.78 is 53.5. The van der Waals surface area contributed by atoms with Crippen LogP contribution in [-0.2, 0) is 0 Å². The summed E-state index contributed by atoms with van der Waals surface area (Å²) in [5.41, 5.74) is -1.68. The molecule has 0 N–H and O–H groups in total. The minimum absolute atomic E-state index is 0.0162. The minimum atomic E-state index is -3.97. The fourth-order valence-corrected chi connectivity index (χ4v) is 1.04. The van der Waals surface area contributed by atoms with Crippen LogP contribution in [-0.4, -0.2) is 11.8 Å². The summed E-state index contributed by atoms with van der Waals surface area (Å²) in [6, 6.07) is 0. The lowest BCUT2D eigenvalue weighted by Crippen LogP contribution is -2.53. The molecule has 0 spiro atoms. The van der Waals surface area contributed by atoms with Gasteiger partial charge in [0.15, 0.2) is 0 Å². The quantitative estimate of drug-likeness (QED) is 0.610. The van der Waals surface area contributed by atoms with Crippen molar-refractivity contribution in [3.63, 3.8) is 0 Å².